The van der Waals surface area contributed by atoms with E-state index < -0.39 is 19.2 Å². The molecule has 291 valence electrons. The maximum absolute atomic E-state index is 8.44. The molecule has 0 atom stereocenters. The number of furan rings is 2. The second-order valence-corrected chi connectivity index (χ2v) is 26.6. The van der Waals surface area contributed by atoms with Crippen LogP contribution in [-0.4, -0.2) is 32.8 Å². The molecule has 0 spiro atoms. The topological polar surface area (TPSA) is 69.9 Å². The van der Waals surface area contributed by atoms with Crippen molar-refractivity contribution in [1.29, 1.82) is 0 Å². The van der Waals surface area contributed by atoms with Crippen LogP contribution in [0.3, 0.4) is 0 Å². The molecule has 6 nitrogen and oxygen atoms in total. The van der Waals surface area contributed by atoms with Crippen molar-refractivity contribution in [3.8, 4) is 28.3 Å². The van der Waals surface area contributed by atoms with E-state index in [0.717, 1.165) is 100 Å². The molecular weight excluding hydrogens is 953 g/mol. The molecule has 1 radical (unpaired) electrons. The van der Waals surface area contributed by atoms with Gasteiger partial charge in [-0.2, -0.15) is 0 Å². The Bertz CT molecular complexity index is 3190. The third-order valence-corrected chi connectivity index (χ3v) is 15.0. The van der Waals surface area contributed by atoms with Crippen molar-refractivity contribution in [1.82, 2.24) is 19.5 Å². The van der Waals surface area contributed by atoms with Crippen molar-refractivity contribution in [2.24, 2.45) is 0 Å². The van der Waals surface area contributed by atoms with Crippen LogP contribution >= 0.6 is 0 Å². The normalized spacial score (nSPS) is 12.2. The molecule has 0 unspecified atom stereocenters. The van der Waals surface area contributed by atoms with E-state index in [1.165, 1.54) is 4.40 Å². The van der Waals surface area contributed by atoms with Crippen LogP contribution in [0.2, 0.25) is 17.3 Å². The van der Waals surface area contributed by atoms with Gasteiger partial charge in [-0.3, -0.25) is 4.98 Å². The monoisotopic (exact) mass is 1000 g/mol. The van der Waals surface area contributed by atoms with E-state index in [0.29, 0.717) is 5.71 Å². The van der Waals surface area contributed by atoms with Crippen LogP contribution in [-0.2, 0) is 20.1 Å². The minimum Gasteiger partial charge on any atom is 0 e. The summed E-state index contributed by atoms with van der Waals surface area (Å²) in [6.07, 6.45) is 2.00. The molecule has 0 fully saturated rings. The third kappa shape index (κ3) is 6.89. The van der Waals surface area contributed by atoms with Crippen molar-refractivity contribution in [3.05, 3.63) is 150 Å². The molecule has 0 saturated carbocycles. The average molecular weight is 999 g/mol. The number of fused-ring (bicyclic) bond motifs is 7. The second-order valence-electron chi connectivity index (χ2n) is 16.0. The molecule has 5 aromatic carbocycles. The zero-order valence-corrected chi connectivity index (χ0v) is 38.4. The van der Waals surface area contributed by atoms with Crippen LogP contribution in [0.15, 0.2) is 124 Å². The van der Waals surface area contributed by atoms with Gasteiger partial charge in [0.15, 0.2) is 0 Å². The first-order chi connectivity index (χ1) is 27.8. The van der Waals surface area contributed by atoms with Gasteiger partial charge in [-0.15, -0.1) is 18.2 Å². The van der Waals surface area contributed by atoms with Crippen LogP contribution in [0.25, 0.3) is 83.4 Å². The number of hydrogen-bond acceptors (Lipinski definition) is 5. The summed E-state index contributed by atoms with van der Waals surface area (Å²) >= 11 is -2.03. The Labute approximate surface area is 356 Å². The number of pyridine rings is 2. The molecule has 0 saturated heterocycles. The Balaban J connectivity index is 0.000000197. The molecule has 5 aromatic heterocycles. The van der Waals surface area contributed by atoms with Crippen molar-refractivity contribution in [3.63, 3.8) is 0 Å². The first kappa shape index (κ1) is 38.2. The molecule has 10 rings (SSSR count). The Morgan fingerprint density at radius 1 is 0.741 bits per heavy atom. The van der Waals surface area contributed by atoms with Crippen LogP contribution < -0.4 is 4.40 Å². The fraction of sp³-hybridized carbons (Fsp3) is 0.180. The zero-order valence-electron chi connectivity index (χ0n) is 34.9. The molecule has 8 heteroatoms. The van der Waals surface area contributed by atoms with E-state index in [1.807, 2.05) is 99.8 Å². The van der Waals surface area contributed by atoms with Gasteiger partial charge < -0.3 is 13.4 Å². The van der Waals surface area contributed by atoms with Gasteiger partial charge in [-0.25, -0.2) is 4.98 Å². The molecule has 0 amide bonds. The van der Waals surface area contributed by atoms with E-state index in [1.54, 1.807) is 0 Å². The van der Waals surface area contributed by atoms with Gasteiger partial charge in [0.05, 0.1) is 22.4 Å². The number of aryl methyl sites for hydroxylation is 3. The number of hydrogen-bond donors (Lipinski definition) is 0. The van der Waals surface area contributed by atoms with Gasteiger partial charge in [0, 0.05) is 53.2 Å². The van der Waals surface area contributed by atoms with Crippen molar-refractivity contribution in [2.45, 2.75) is 57.8 Å². The van der Waals surface area contributed by atoms with E-state index >= 15 is 0 Å². The van der Waals surface area contributed by atoms with Gasteiger partial charge >= 0.3 is 120 Å². The maximum Gasteiger partial charge on any atom is 0 e. The van der Waals surface area contributed by atoms with E-state index in [4.69, 9.17) is 15.2 Å². The maximum atomic E-state index is 8.44. The summed E-state index contributed by atoms with van der Waals surface area (Å²) in [5, 5.41) is 4.23. The van der Waals surface area contributed by atoms with Crippen molar-refractivity contribution >= 4 is 72.7 Å². The number of aromatic nitrogens is 4. The molecular formula is C50H44GeIrN4O2-2. The van der Waals surface area contributed by atoms with E-state index in [-0.39, 0.29) is 20.1 Å². The average Bonchev–Trinajstić information content (AvgIpc) is 3.89. The van der Waals surface area contributed by atoms with Crippen LogP contribution in [0.5, 0.6) is 0 Å². The molecule has 58 heavy (non-hydrogen) atoms. The first-order valence-electron chi connectivity index (χ1n) is 19.9. The molecule has 0 N–H and O–H groups in total. The summed E-state index contributed by atoms with van der Waals surface area (Å²) in [5.41, 5.74) is 13.1. The SMILES string of the molecule is Cc1ccc2c(n1)oc1c(-c3nc4ccccc4n3-c3c(C)cc4c(oc5ccccc54)c3C)[c-]ccc12.[2H]C(C)(C)c1cc(-c2[c-]cccc2)nc[c]1[Ge]([CH3])([CH3])[CH3].[Ir]. The van der Waals surface area contributed by atoms with Gasteiger partial charge in [-0.1, -0.05) is 41.3 Å². The summed E-state index contributed by atoms with van der Waals surface area (Å²) in [7, 11) is 0. The standard InChI is InChI=1S/C33H22N3O2.C17H22GeN.Ir/c1-18-17-25-21-9-4-7-14-28(21)37-30(25)20(3)29(18)36-27-13-6-5-12-26(27)35-32(36)24-11-8-10-22-23-16-15-19(2)34-33(23)38-31(22)24;1-13(2)15-11-17(14-9-7-6-8-10-14)19-12-16(15)18(3,4)5;/h4-10,12-17H,1-3H3;6-9,11-13H,1-5H3;/q2*-1;/i;13D;. The Hall–Kier alpha value is -5.34. The summed E-state index contributed by atoms with van der Waals surface area (Å²) in [6.45, 7) is 10.2. The van der Waals surface area contributed by atoms with Crippen LogP contribution in [0, 0.1) is 32.9 Å². The van der Waals surface area contributed by atoms with Gasteiger partial charge in [-0.05, 0) is 62.7 Å². The quantitative estimate of drug-likeness (QED) is 0.127. The largest absolute Gasteiger partial charge is 0 e. The fourth-order valence-electron chi connectivity index (χ4n) is 7.99. The Morgan fingerprint density at radius 3 is 2.29 bits per heavy atom. The fourth-order valence-corrected chi connectivity index (χ4v) is 11.3. The number of nitrogens with zero attached hydrogens (tertiary/aromatic N) is 4. The molecule has 0 aliphatic heterocycles. The zero-order chi connectivity index (χ0) is 40.5. The van der Waals surface area contributed by atoms with E-state index in [9.17, 15) is 0 Å². The van der Waals surface area contributed by atoms with Gasteiger partial charge in [0.1, 0.15) is 11.2 Å². The van der Waals surface area contributed by atoms with Crippen LogP contribution in [0.1, 0.15) is 43.5 Å². The predicted octanol–water partition coefficient (Wildman–Crippen LogP) is 12.8. The van der Waals surface area contributed by atoms with Gasteiger partial charge in [0.25, 0.3) is 0 Å². The van der Waals surface area contributed by atoms with E-state index in [2.05, 4.69) is 94.2 Å². The summed E-state index contributed by atoms with van der Waals surface area (Å²) < 4.78 is 24.7. The summed E-state index contributed by atoms with van der Waals surface area (Å²) in [5.74, 6) is 7.22. The van der Waals surface area contributed by atoms with Crippen molar-refractivity contribution < 1.29 is 30.3 Å². The number of imidazole rings is 1. The predicted molar refractivity (Wildman–Crippen MR) is 237 cm³/mol. The summed E-state index contributed by atoms with van der Waals surface area (Å²) in [6, 6.07) is 43.3. The van der Waals surface area contributed by atoms with Crippen molar-refractivity contribution in [2.75, 3.05) is 0 Å². The Morgan fingerprint density at radius 2 is 1.52 bits per heavy atom. The Kier molecular flexibility index (Phi) is 10.2. The molecule has 0 aliphatic carbocycles. The van der Waals surface area contributed by atoms with Gasteiger partial charge in [0.2, 0.25) is 5.71 Å². The molecule has 5 heterocycles. The molecule has 0 bridgehead atoms. The smallest absolute Gasteiger partial charge is 0 e. The third-order valence-electron chi connectivity index (χ3n) is 10.7. The molecule has 10 aromatic rings. The first-order valence-corrected chi connectivity index (χ1v) is 26.7. The molecule has 0 aliphatic rings. The minimum absolute atomic E-state index is 0. The number of benzene rings is 5. The van der Waals surface area contributed by atoms with Crippen LogP contribution in [0.4, 0.5) is 0 Å². The number of para-hydroxylation sites is 3. The second kappa shape index (κ2) is 15.4. The minimum atomic E-state index is -2.03. The summed E-state index contributed by atoms with van der Waals surface area (Å²) in [4.78, 5) is 14.4. The number of rotatable bonds is 5.